The average molecular weight is 441 g/mol. The Morgan fingerprint density at radius 1 is 0.970 bits per heavy atom. The van der Waals surface area contributed by atoms with Gasteiger partial charge in [0.1, 0.15) is 5.76 Å². The summed E-state index contributed by atoms with van der Waals surface area (Å²) in [6.45, 7) is 2.26. The molecule has 6 rings (SSSR count). The molecule has 0 bridgehead atoms. The van der Waals surface area contributed by atoms with E-state index in [-0.39, 0.29) is 17.8 Å². The maximum atomic E-state index is 13.7. The highest BCUT2D eigenvalue weighted by Crippen LogP contribution is 2.26. The van der Waals surface area contributed by atoms with Gasteiger partial charge in [-0.2, -0.15) is 4.98 Å². The summed E-state index contributed by atoms with van der Waals surface area (Å²) in [6, 6.07) is 17.7. The zero-order valence-corrected chi connectivity index (χ0v) is 18.3. The third-order valence-electron chi connectivity index (χ3n) is 6.44. The molecular formula is C25H23N5O3. The third-order valence-corrected chi connectivity index (χ3v) is 6.44. The molecule has 8 nitrogen and oxygen atoms in total. The molecule has 4 heterocycles. The molecule has 166 valence electrons. The Kier molecular flexibility index (Phi) is 4.46. The lowest BCUT2D eigenvalue weighted by atomic mass is 10.0. The number of imidazole rings is 1. The predicted octanol–water partition coefficient (Wildman–Crippen LogP) is 3.10. The van der Waals surface area contributed by atoms with Crippen molar-refractivity contribution in [2.45, 2.75) is 26.1 Å². The summed E-state index contributed by atoms with van der Waals surface area (Å²) in [5.41, 5.74) is 1.15. The zero-order chi connectivity index (χ0) is 22.5. The molecule has 2 aromatic carbocycles. The Bertz CT molecular complexity index is 1600. The number of aryl methyl sites for hydroxylation is 2. The van der Waals surface area contributed by atoms with E-state index in [1.807, 2.05) is 59.2 Å². The summed E-state index contributed by atoms with van der Waals surface area (Å²) in [5, 5.41) is 2.12. The maximum absolute atomic E-state index is 13.7. The van der Waals surface area contributed by atoms with Crippen LogP contribution in [0.2, 0.25) is 0 Å². The molecule has 0 atom stereocenters. The number of fused-ring (bicyclic) bond motifs is 4. The lowest BCUT2D eigenvalue weighted by Gasteiger charge is -2.28. The molecule has 0 saturated carbocycles. The monoisotopic (exact) mass is 441 g/mol. The van der Waals surface area contributed by atoms with Gasteiger partial charge in [0.05, 0.1) is 19.4 Å². The van der Waals surface area contributed by atoms with Gasteiger partial charge in [-0.25, -0.2) is 4.79 Å². The van der Waals surface area contributed by atoms with E-state index < -0.39 is 0 Å². The first-order chi connectivity index (χ1) is 16.1. The zero-order valence-electron chi connectivity index (χ0n) is 18.3. The highest BCUT2D eigenvalue weighted by molar-refractivity contribution is 5.85. The second-order valence-electron chi connectivity index (χ2n) is 8.46. The van der Waals surface area contributed by atoms with Gasteiger partial charge in [-0.05, 0) is 34.9 Å². The van der Waals surface area contributed by atoms with Gasteiger partial charge in [0.15, 0.2) is 11.2 Å². The lowest BCUT2D eigenvalue weighted by molar-refractivity contribution is 0.481. The number of benzene rings is 2. The van der Waals surface area contributed by atoms with Gasteiger partial charge in [-0.15, -0.1) is 0 Å². The van der Waals surface area contributed by atoms with Crippen LogP contribution in [0.3, 0.4) is 0 Å². The van der Waals surface area contributed by atoms with E-state index in [2.05, 4.69) is 4.90 Å². The topological polar surface area (TPSA) is 78.2 Å². The van der Waals surface area contributed by atoms with E-state index in [0.29, 0.717) is 30.2 Å². The van der Waals surface area contributed by atoms with Crippen molar-refractivity contribution in [2.75, 3.05) is 11.4 Å². The number of furan rings is 1. The minimum Gasteiger partial charge on any atom is -0.467 e. The van der Waals surface area contributed by atoms with Crippen molar-refractivity contribution in [1.82, 2.24) is 18.7 Å². The smallest absolute Gasteiger partial charge is 0.332 e. The molecule has 8 heteroatoms. The molecule has 5 aromatic rings. The molecule has 33 heavy (non-hydrogen) atoms. The molecule has 0 fully saturated rings. The standard InChI is InChI=1S/C25H23N5O3/c1-27-22-21(29-13-6-12-28(24(29)26-22)16-19-10-5-14-33-19)23(31)30(25(27)32)15-18-9-4-8-17-7-2-3-11-20(17)18/h2-5,7-11,14H,6,12-13,15-16H2,1H3. The van der Waals surface area contributed by atoms with Crippen LogP contribution in [0.5, 0.6) is 0 Å². The lowest BCUT2D eigenvalue weighted by Crippen LogP contribution is -2.40. The van der Waals surface area contributed by atoms with Crippen LogP contribution in [0.1, 0.15) is 17.7 Å². The molecular weight excluding hydrogens is 418 g/mol. The quantitative estimate of drug-likeness (QED) is 0.428. The molecule has 0 spiro atoms. The van der Waals surface area contributed by atoms with Crippen LogP contribution in [0.4, 0.5) is 5.95 Å². The molecule has 1 aliphatic heterocycles. The van der Waals surface area contributed by atoms with Crippen LogP contribution in [-0.4, -0.2) is 25.2 Å². The Balaban J connectivity index is 1.51. The summed E-state index contributed by atoms with van der Waals surface area (Å²) in [4.78, 5) is 33.7. The maximum Gasteiger partial charge on any atom is 0.332 e. The normalized spacial score (nSPS) is 13.7. The van der Waals surface area contributed by atoms with Gasteiger partial charge < -0.3 is 13.9 Å². The van der Waals surface area contributed by atoms with E-state index in [1.54, 1.807) is 13.3 Å². The SMILES string of the molecule is Cn1c(=O)n(Cc2cccc3ccccc23)c(=O)c2c1nc1n2CCCN1Cc1ccco1. The highest BCUT2D eigenvalue weighted by Gasteiger charge is 2.26. The number of rotatable bonds is 4. The number of hydrogen-bond acceptors (Lipinski definition) is 5. The van der Waals surface area contributed by atoms with Gasteiger partial charge in [0.2, 0.25) is 5.95 Å². The van der Waals surface area contributed by atoms with Gasteiger partial charge in [-0.1, -0.05) is 42.5 Å². The Morgan fingerprint density at radius 2 is 1.82 bits per heavy atom. The van der Waals surface area contributed by atoms with Gasteiger partial charge in [-0.3, -0.25) is 13.9 Å². The minimum absolute atomic E-state index is 0.208. The summed E-state index contributed by atoms with van der Waals surface area (Å²) in [5.74, 6) is 1.53. The van der Waals surface area contributed by atoms with Gasteiger partial charge in [0.25, 0.3) is 5.56 Å². The Morgan fingerprint density at radius 3 is 2.67 bits per heavy atom. The van der Waals surface area contributed by atoms with E-state index in [4.69, 9.17) is 9.40 Å². The van der Waals surface area contributed by atoms with Crippen molar-refractivity contribution in [3.63, 3.8) is 0 Å². The molecule has 0 N–H and O–H groups in total. The average Bonchev–Trinajstić information content (AvgIpc) is 3.49. The molecule has 0 saturated heterocycles. The van der Waals surface area contributed by atoms with Crippen molar-refractivity contribution in [1.29, 1.82) is 0 Å². The first-order valence-corrected chi connectivity index (χ1v) is 11.1. The van der Waals surface area contributed by atoms with Gasteiger partial charge >= 0.3 is 5.69 Å². The van der Waals surface area contributed by atoms with Crippen LogP contribution < -0.4 is 16.1 Å². The van der Waals surface area contributed by atoms with E-state index >= 15 is 0 Å². The van der Waals surface area contributed by atoms with Crippen molar-refractivity contribution >= 4 is 27.9 Å². The molecule has 0 amide bonds. The number of nitrogens with zero attached hydrogens (tertiary/aromatic N) is 5. The predicted molar refractivity (Wildman–Crippen MR) is 127 cm³/mol. The number of hydrogen-bond donors (Lipinski definition) is 0. The fourth-order valence-corrected chi connectivity index (χ4v) is 4.81. The first-order valence-electron chi connectivity index (χ1n) is 11.1. The highest BCUT2D eigenvalue weighted by atomic mass is 16.3. The number of anilines is 1. The van der Waals surface area contributed by atoms with E-state index in [1.165, 1.54) is 9.13 Å². The summed E-state index contributed by atoms with van der Waals surface area (Å²) >= 11 is 0. The fourth-order valence-electron chi connectivity index (χ4n) is 4.81. The molecule has 0 unspecified atom stereocenters. The third kappa shape index (κ3) is 3.09. The molecule has 0 aliphatic carbocycles. The van der Waals surface area contributed by atoms with Crippen molar-refractivity contribution < 1.29 is 4.42 Å². The van der Waals surface area contributed by atoms with Crippen molar-refractivity contribution in [2.24, 2.45) is 7.05 Å². The largest absolute Gasteiger partial charge is 0.467 e. The van der Waals surface area contributed by atoms with Crippen LogP contribution in [0.15, 0.2) is 74.9 Å². The second-order valence-corrected chi connectivity index (χ2v) is 8.46. The molecule has 0 radical (unpaired) electrons. The summed E-state index contributed by atoms with van der Waals surface area (Å²) in [7, 11) is 1.68. The second kappa shape index (κ2) is 7.51. The minimum atomic E-state index is -0.367. The fraction of sp³-hybridized carbons (Fsp3) is 0.240. The van der Waals surface area contributed by atoms with Crippen LogP contribution >= 0.6 is 0 Å². The summed E-state index contributed by atoms with van der Waals surface area (Å²) in [6.07, 6.45) is 2.53. The first kappa shape index (κ1) is 19.6. The van der Waals surface area contributed by atoms with Crippen LogP contribution in [-0.2, 0) is 26.7 Å². The Hall–Kier alpha value is -4.07. The summed E-state index contributed by atoms with van der Waals surface area (Å²) < 4.78 is 10.3. The van der Waals surface area contributed by atoms with Gasteiger partial charge in [0, 0.05) is 20.1 Å². The van der Waals surface area contributed by atoms with Crippen molar-refractivity contribution in [3.05, 3.63) is 93.0 Å². The number of aromatic nitrogens is 4. The van der Waals surface area contributed by atoms with Crippen molar-refractivity contribution in [3.8, 4) is 0 Å². The van der Waals surface area contributed by atoms with Crippen LogP contribution in [0, 0.1) is 0 Å². The Labute approximate surface area is 188 Å². The molecule has 3 aromatic heterocycles. The van der Waals surface area contributed by atoms with E-state index in [9.17, 15) is 9.59 Å². The van der Waals surface area contributed by atoms with Crippen LogP contribution in [0.25, 0.3) is 21.9 Å². The van der Waals surface area contributed by atoms with E-state index in [0.717, 1.165) is 35.1 Å². The molecule has 1 aliphatic rings.